The van der Waals surface area contributed by atoms with Gasteiger partial charge >= 0.3 is 24.2 Å². The average Bonchev–Trinajstić information content (AvgIpc) is 2.83. The van der Waals surface area contributed by atoms with Crippen LogP contribution in [-0.2, 0) is 35.0 Å². The van der Waals surface area contributed by atoms with Crippen molar-refractivity contribution >= 4 is 24.2 Å². The van der Waals surface area contributed by atoms with Crippen LogP contribution < -0.4 is 15.2 Å². The van der Waals surface area contributed by atoms with Gasteiger partial charge in [0.1, 0.15) is 31.0 Å². The lowest BCUT2D eigenvalue weighted by Gasteiger charge is -2.21. The molecule has 0 aliphatic heterocycles. The van der Waals surface area contributed by atoms with E-state index in [9.17, 15) is 19.2 Å². The standard InChI is InChI=1S/C29H45NO10/c1-16(2)19(6)37-27(33)39-23-12-11-21(14-24(23)40-28(34)38-20(7)17(3)4)13-22(30)25(31)35-15-18(5)36-26(32)29(8,9)10/h11-12,14,16-20,22H,13,15,30H2,1-10H3/t18-,19?,20?,22-/m0/s1. The maximum atomic E-state index is 12.5. The van der Waals surface area contributed by atoms with Gasteiger partial charge in [-0.25, -0.2) is 9.59 Å². The first-order chi connectivity index (χ1) is 18.4. The number of ether oxygens (including phenoxy) is 6. The van der Waals surface area contributed by atoms with Gasteiger partial charge in [-0.05, 0) is 77.5 Å². The van der Waals surface area contributed by atoms with Crippen LogP contribution in [0.3, 0.4) is 0 Å². The smallest absolute Gasteiger partial charge is 0.461 e. The number of carbonyl (C=O) groups is 4. The summed E-state index contributed by atoms with van der Waals surface area (Å²) in [7, 11) is 0. The molecule has 11 nitrogen and oxygen atoms in total. The zero-order valence-corrected chi connectivity index (χ0v) is 25.3. The molecule has 2 unspecified atom stereocenters. The maximum absolute atomic E-state index is 12.5. The second-order valence-electron chi connectivity index (χ2n) is 11.5. The lowest BCUT2D eigenvalue weighted by molar-refractivity contribution is -0.165. The Morgan fingerprint density at radius 2 is 1.27 bits per heavy atom. The van der Waals surface area contributed by atoms with Crippen LogP contribution >= 0.6 is 0 Å². The van der Waals surface area contributed by atoms with Crippen molar-refractivity contribution in [2.24, 2.45) is 23.0 Å². The van der Waals surface area contributed by atoms with Gasteiger partial charge in [0.15, 0.2) is 11.5 Å². The molecule has 0 amide bonds. The van der Waals surface area contributed by atoms with E-state index in [2.05, 4.69) is 0 Å². The van der Waals surface area contributed by atoms with E-state index < -0.39 is 54.0 Å². The summed E-state index contributed by atoms with van der Waals surface area (Å²) in [5, 5.41) is 0. The number of rotatable bonds is 12. The highest BCUT2D eigenvalue weighted by molar-refractivity contribution is 5.77. The van der Waals surface area contributed by atoms with Crippen LogP contribution in [0.1, 0.15) is 74.8 Å². The van der Waals surface area contributed by atoms with E-state index in [-0.39, 0.29) is 36.4 Å². The SMILES string of the molecule is CC(C)C(C)OC(=O)Oc1ccc(C[C@H](N)C(=O)OC[C@H](C)OC(=O)C(C)(C)C)cc1OC(=O)OC(C)C(C)C. The summed E-state index contributed by atoms with van der Waals surface area (Å²) in [5.41, 5.74) is 5.84. The predicted molar refractivity (Wildman–Crippen MR) is 147 cm³/mol. The summed E-state index contributed by atoms with van der Waals surface area (Å²) in [4.78, 5) is 49.2. The zero-order chi connectivity index (χ0) is 30.8. The Balaban J connectivity index is 2.97. The summed E-state index contributed by atoms with van der Waals surface area (Å²) in [6, 6.07) is 3.30. The minimum atomic E-state index is -1.07. The number of nitrogens with two attached hydrogens (primary N) is 1. The first kappa shape index (κ1) is 34.7. The zero-order valence-electron chi connectivity index (χ0n) is 25.3. The monoisotopic (exact) mass is 567 g/mol. The normalized spacial score (nSPS) is 14.5. The van der Waals surface area contributed by atoms with E-state index in [1.165, 1.54) is 12.1 Å². The van der Waals surface area contributed by atoms with Gasteiger partial charge in [-0.1, -0.05) is 33.8 Å². The number of esters is 2. The molecule has 1 rings (SSSR count). The van der Waals surface area contributed by atoms with E-state index in [0.717, 1.165) is 0 Å². The second kappa shape index (κ2) is 15.4. The lowest BCUT2D eigenvalue weighted by Crippen LogP contribution is -2.37. The first-order valence-electron chi connectivity index (χ1n) is 13.4. The highest BCUT2D eigenvalue weighted by Crippen LogP contribution is 2.30. The summed E-state index contributed by atoms with van der Waals surface area (Å²) >= 11 is 0. The van der Waals surface area contributed by atoms with Gasteiger partial charge in [-0.15, -0.1) is 0 Å². The summed E-state index contributed by atoms with van der Waals surface area (Å²) in [6.07, 6.45) is -3.43. The molecular weight excluding hydrogens is 522 g/mol. The second-order valence-corrected chi connectivity index (χ2v) is 11.5. The number of carbonyl (C=O) groups excluding carboxylic acids is 4. The molecule has 2 N–H and O–H groups in total. The molecule has 0 spiro atoms. The van der Waals surface area contributed by atoms with Gasteiger partial charge < -0.3 is 34.2 Å². The van der Waals surface area contributed by atoms with Gasteiger partial charge in [0.25, 0.3) is 0 Å². The molecule has 1 aromatic rings. The van der Waals surface area contributed by atoms with E-state index in [0.29, 0.717) is 5.56 Å². The molecule has 0 saturated carbocycles. The summed E-state index contributed by atoms with van der Waals surface area (Å²) in [6.45, 7) is 17.6. The van der Waals surface area contributed by atoms with Crippen molar-refractivity contribution in [1.29, 1.82) is 0 Å². The highest BCUT2D eigenvalue weighted by Gasteiger charge is 2.26. The largest absolute Gasteiger partial charge is 0.514 e. The lowest BCUT2D eigenvalue weighted by atomic mass is 9.97. The van der Waals surface area contributed by atoms with Gasteiger partial charge in [0.05, 0.1) is 5.41 Å². The van der Waals surface area contributed by atoms with Crippen molar-refractivity contribution in [3.63, 3.8) is 0 Å². The molecule has 0 aromatic heterocycles. The Hall–Kier alpha value is -3.34. The quantitative estimate of drug-likeness (QED) is 0.202. The topological polar surface area (TPSA) is 150 Å². The Morgan fingerprint density at radius 1 is 0.775 bits per heavy atom. The Labute approximate surface area is 236 Å². The van der Waals surface area contributed by atoms with Crippen LogP contribution in [0.4, 0.5) is 9.59 Å². The number of benzene rings is 1. The molecule has 11 heteroatoms. The van der Waals surface area contributed by atoms with E-state index in [1.54, 1.807) is 47.6 Å². The molecule has 4 atom stereocenters. The Morgan fingerprint density at radius 3 is 1.75 bits per heavy atom. The maximum Gasteiger partial charge on any atom is 0.514 e. The van der Waals surface area contributed by atoms with Crippen LogP contribution in [0.5, 0.6) is 11.5 Å². The van der Waals surface area contributed by atoms with Gasteiger partial charge in [-0.2, -0.15) is 0 Å². The molecule has 40 heavy (non-hydrogen) atoms. The van der Waals surface area contributed by atoms with E-state index in [4.69, 9.17) is 34.2 Å². The van der Waals surface area contributed by atoms with E-state index in [1.807, 2.05) is 27.7 Å². The van der Waals surface area contributed by atoms with Crippen molar-refractivity contribution in [2.45, 2.75) is 100 Å². The number of hydrogen-bond donors (Lipinski definition) is 1. The fourth-order valence-electron chi connectivity index (χ4n) is 2.68. The third kappa shape index (κ3) is 12.2. The van der Waals surface area contributed by atoms with Crippen molar-refractivity contribution in [3.8, 4) is 11.5 Å². The van der Waals surface area contributed by atoms with Gasteiger partial charge in [0.2, 0.25) is 0 Å². The Bertz CT molecular complexity index is 1010. The first-order valence-corrected chi connectivity index (χ1v) is 13.4. The molecule has 0 heterocycles. The molecule has 0 bridgehead atoms. The summed E-state index contributed by atoms with van der Waals surface area (Å²) in [5.74, 6) is -1.21. The van der Waals surface area contributed by atoms with Gasteiger partial charge in [-0.3, -0.25) is 9.59 Å². The number of hydrogen-bond acceptors (Lipinski definition) is 11. The minimum absolute atomic E-state index is 0.0118. The third-order valence-electron chi connectivity index (χ3n) is 5.98. The minimum Gasteiger partial charge on any atom is -0.461 e. The average molecular weight is 568 g/mol. The fraction of sp³-hybridized carbons (Fsp3) is 0.655. The van der Waals surface area contributed by atoms with E-state index >= 15 is 0 Å². The van der Waals surface area contributed by atoms with Crippen LogP contribution in [0.15, 0.2) is 18.2 Å². The Kier molecular flexibility index (Phi) is 13.4. The highest BCUT2D eigenvalue weighted by atomic mass is 16.8. The molecule has 0 radical (unpaired) electrons. The molecule has 0 aliphatic carbocycles. The van der Waals surface area contributed by atoms with Crippen LogP contribution in [-0.4, -0.2) is 55.2 Å². The molecule has 226 valence electrons. The molecular formula is C29H45NO10. The van der Waals surface area contributed by atoms with Crippen molar-refractivity contribution in [3.05, 3.63) is 23.8 Å². The van der Waals surface area contributed by atoms with Gasteiger partial charge in [0, 0.05) is 0 Å². The summed E-state index contributed by atoms with van der Waals surface area (Å²) < 4.78 is 31.6. The van der Waals surface area contributed by atoms with Crippen LogP contribution in [0.25, 0.3) is 0 Å². The third-order valence-corrected chi connectivity index (χ3v) is 5.98. The predicted octanol–water partition coefficient (Wildman–Crippen LogP) is 5.20. The van der Waals surface area contributed by atoms with Crippen LogP contribution in [0.2, 0.25) is 0 Å². The van der Waals surface area contributed by atoms with Crippen molar-refractivity contribution < 1.29 is 47.6 Å². The molecule has 0 aliphatic rings. The molecule has 1 aromatic carbocycles. The fourth-order valence-corrected chi connectivity index (χ4v) is 2.68. The molecule has 0 fully saturated rings. The van der Waals surface area contributed by atoms with Crippen LogP contribution in [0, 0.1) is 17.3 Å². The van der Waals surface area contributed by atoms with Crippen molar-refractivity contribution in [1.82, 2.24) is 0 Å². The van der Waals surface area contributed by atoms with Crippen molar-refractivity contribution in [2.75, 3.05) is 6.61 Å². The molecule has 0 saturated heterocycles.